The van der Waals surface area contributed by atoms with Crippen LogP contribution in [0.1, 0.15) is 38.7 Å². The second-order valence-electron chi connectivity index (χ2n) is 5.43. The monoisotopic (exact) mass is 294 g/mol. The lowest BCUT2D eigenvalue weighted by Gasteiger charge is -2.20. The Balaban J connectivity index is 2.41. The number of carbonyl (C=O) groups excluding carboxylic acids is 1. The third kappa shape index (κ3) is 5.27. The number of unbranched alkanes of at least 4 members (excludes halogenated alkanes) is 1. The molecule has 1 atom stereocenters. The van der Waals surface area contributed by atoms with Gasteiger partial charge in [0.25, 0.3) is 0 Å². The molecule has 0 aliphatic carbocycles. The summed E-state index contributed by atoms with van der Waals surface area (Å²) in [5.74, 6) is 1.01. The van der Waals surface area contributed by atoms with Gasteiger partial charge in [-0.3, -0.25) is 4.79 Å². The first-order valence-corrected chi connectivity index (χ1v) is 7.29. The Labute approximate surface area is 126 Å². The third-order valence-corrected chi connectivity index (χ3v) is 3.55. The van der Waals surface area contributed by atoms with E-state index in [4.69, 9.17) is 20.9 Å². The molecule has 4 N–H and O–H groups in total. The summed E-state index contributed by atoms with van der Waals surface area (Å²) in [5.41, 5.74) is 11.3. The van der Waals surface area contributed by atoms with Gasteiger partial charge in [-0.1, -0.05) is 13.0 Å². The maximum atomic E-state index is 11.1. The zero-order chi connectivity index (χ0) is 15.9. The van der Waals surface area contributed by atoms with E-state index in [0.29, 0.717) is 13.0 Å². The number of aryl methyl sites for hydroxylation is 1. The number of nitrogens with two attached hydrogens (primary N) is 2. The summed E-state index contributed by atoms with van der Waals surface area (Å²) in [6, 6.07) is 5.94. The van der Waals surface area contributed by atoms with E-state index < -0.39 is 11.4 Å². The van der Waals surface area contributed by atoms with Crippen molar-refractivity contribution in [2.24, 2.45) is 11.5 Å². The molecule has 5 heteroatoms. The lowest BCUT2D eigenvalue weighted by atomic mass is 9.96. The maximum absolute atomic E-state index is 11.1. The van der Waals surface area contributed by atoms with Crippen LogP contribution in [0, 0.1) is 0 Å². The van der Waals surface area contributed by atoms with Gasteiger partial charge in [-0.15, -0.1) is 0 Å². The highest BCUT2D eigenvalue weighted by molar-refractivity contribution is 5.83. The van der Waals surface area contributed by atoms with Gasteiger partial charge in [0.1, 0.15) is 0 Å². The van der Waals surface area contributed by atoms with Gasteiger partial charge < -0.3 is 20.9 Å². The second-order valence-corrected chi connectivity index (χ2v) is 5.43. The van der Waals surface area contributed by atoms with E-state index in [1.165, 1.54) is 5.56 Å². The average Bonchev–Trinajstić information content (AvgIpc) is 2.46. The molecule has 0 heterocycles. The molecule has 1 unspecified atom stereocenters. The van der Waals surface area contributed by atoms with Gasteiger partial charge in [0.15, 0.2) is 11.5 Å². The number of benzene rings is 1. The molecular weight excluding hydrogens is 268 g/mol. The third-order valence-electron chi connectivity index (χ3n) is 3.55. The van der Waals surface area contributed by atoms with Crippen molar-refractivity contribution in [2.45, 2.75) is 45.1 Å². The molecule has 0 aliphatic rings. The molecule has 0 aliphatic heterocycles. The predicted molar refractivity (Wildman–Crippen MR) is 83.5 cm³/mol. The van der Waals surface area contributed by atoms with Gasteiger partial charge in [0, 0.05) is 0 Å². The van der Waals surface area contributed by atoms with Crippen molar-refractivity contribution in [3.05, 3.63) is 23.8 Å². The summed E-state index contributed by atoms with van der Waals surface area (Å²) in [7, 11) is 1.63. The van der Waals surface area contributed by atoms with Crippen LogP contribution in [0.2, 0.25) is 0 Å². The minimum Gasteiger partial charge on any atom is -0.493 e. The van der Waals surface area contributed by atoms with Crippen molar-refractivity contribution in [1.82, 2.24) is 0 Å². The van der Waals surface area contributed by atoms with E-state index >= 15 is 0 Å². The molecule has 0 aromatic heterocycles. The van der Waals surface area contributed by atoms with Crippen molar-refractivity contribution in [1.29, 1.82) is 0 Å². The summed E-state index contributed by atoms with van der Waals surface area (Å²) in [5, 5.41) is 0. The second kappa shape index (κ2) is 7.88. The summed E-state index contributed by atoms with van der Waals surface area (Å²) >= 11 is 0. The van der Waals surface area contributed by atoms with Crippen LogP contribution >= 0.6 is 0 Å². The molecule has 1 rings (SSSR count). The van der Waals surface area contributed by atoms with E-state index in [-0.39, 0.29) is 0 Å². The highest BCUT2D eigenvalue weighted by atomic mass is 16.5. The number of carbonyl (C=O) groups is 1. The number of ether oxygens (including phenoxy) is 2. The Kier molecular flexibility index (Phi) is 6.49. The van der Waals surface area contributed by atoms with E-state index in [1.807, 2.05) is 18.2 Å². The van der Waals surface area contributed by atoms with Crippen LogP contribution in [0.15, 0.2) is 18.2 Å². The Morgan fingerprint density at radius 2 is 2.00 bits per heavy atom. The number of methoxy groups -OCH3 is 1. The number of hydrogen-bond donors (Lipinski definition) is 2. The van der Waals surface area contributed by atoms with Crippen LogP contribution in [-0.4, -0.2) is 25.2 Å². The zero-order valence-corrected chi connectivity index (χ0v) is 13.1. The molecule has 1 aromatic carbocycles. The van der Waals surface area contributed by atoms with Gasteiger partial charge >= 0.3 is 0 Å². The Morgan fingerprint density at radius 3 is 2.57 bits per heavy atom. The summed E-state index contributed by atoms with van der Waals surface area (Å²) in [4.78, 5) is 11.1. The number of hydrogen-bond acceptors (Lipinski definition) is 4. The van der Waals surface area contributed by atoms with Crippen LogP contribution in [0.5, 0.6) is 11.5 Å². The van der Waals surface area contributed by atoms with Crippen LogP contribution in [-0.2, 0) is 11.2 Å². The molecule has 0 fully saturated rings. The van der Waals surface area contributed by atoms with E-state index in [0.717, 1.165) is 30.8 Å². The molecule has 0 bridgehead atoms. The first kappa shape index (κ1) is 17.3. The van der Waals surface area contributed by atoms with Crippen molar-refractivity contribution < 1.29 is 14.3 Å². The minimum atomic E-state index is -0.944. The number of primary amides is 1. The van der Waals surface area contributed by atoms with Gasteiger partial charge in [0.2, 0.25) is 5.91 Å². The molecule has 0 spiro atoms. The van der Waals surface area contributed by atoms with Gasteiger partial charge in [-0.05, 0) is 50.3 Å². The molecule has 1 amide bonds. The quantitative estimate of drug-likeness (QED) is 0.682. The van der Waals surface area contributed by atoms with Crippen molar-refractivity contribution in [3.63, 3.8) is 0 Å². The summed E-state index contributed by atoms with van der Waals surface area (Å²) in [6.07, 6.45) is 3.10. The summed E-state index contributed by atoms with van der Waals surface area (Å²) < 4.78 is 11.0. The van der Waals surface area contributed by atoms with Crippen LogP contribution in [0.4, 0.5) is 0 Å². The minimum absolute atomic E-state index is 0.472. The van der Waals surface area contributed by atoms with Crippen molar-refractivity contribution in [2.75, 3.05) is 13.7 Å². The van der Waals surface area contributed by atoms with Crippen LogP contribution in [0.3, 0.4) is 0 Å². The maximum Gasteiger partial charge on any atom is 0.237 e. The molecule has 118 valence electrons. The van der Waals surface area contributed by atoms with Crippen LogP contribution in [0.25, 0.3) is 0 Å². The van der Waals surface area contributed by atoms with Crippen molar-refractivity contribution in [3.8, 4) is 11.5 Å². The fourth-order valence-electron chi connectivity index (χ4n) is 1.95. The fraction of sp³-hybridized carbons (Fsp3) is 0.562. The topological polar surface area (TPSA) is 87.6 Å². The normalized spacial score (nSPS) is 13.5. The van der Waals surface area contributed by atoms with E-state index in [1.54, 1.807) is 14.0 Å². The van der Waals surface area contributed by atoms with E-state index in [2.05, 4.69) is 6.92 Å². The highest BCUT2D eigenvalue weighted by Crippen LogP contribution is 2.28. The first-order valence-electron chi connectivity index (χ1n) is 7.29. The SMILES string of the molecule is CCc1ccc(OCCCCC(C)(N)C(N)=O)c(OC)c1. The van der Waals surface area contributed by atoms with E-state index in [9.17, 15) is 4.79 Å². The molecule has 5 nitrogen and oxygen atoms in total. The average molecular weight is 294 g/mol. The number of amides is 1. The van der Waals surface area contributed by atoms with Gasteiger partial charge in [-0.25, -0.2) is 0 Å². The number of rotatable bonds is 9. The summed E-state index contributed by atoms with van der Waals surface area (Å²) in [6.45, 7) is 4.30. The highest BCUT2D eigenvalue weighted by Gasteiger charge is 2.24. The zero-order valence-electron chi connectivity index (χ0n) is 13.1. The Bertz CT molecular complexity index is 473. The van der Waals surface area contributed by atoms with Crippen molar-refractivity contribution >= 4 is 5.91 Å². The lowest BCUT2D eigenvalue weighted by molar-refractivity contribution is -0.122. The Hall–Kier alpha value is -1.75. The molecule has 1 aromatic rings. The van der Waals surface area contributed by atoms with Gasteiger partial charge in [-0.2, -0.15) is 0 Å². The lowest BCUT2D eigenvalue weighted by Crippen LogP contribution is -2.49. The van der Waals surface area contributed by atoms with Crippen LogP contribution < -0.4 is 20.9 Å². The standard InChI is InChI=1S/C16H26N2O3/c1-4-12-7-8-13(14(11-12)20-3)21-10-6-5-9-16(2,18)15(17)19/h7-8,11H,4-6,9-10,18H2,1-3H3,(H2,17,19). The molecule has 0 saturated heterocycles. The fourth-order valence-corrected chi connectivity index (χ4v) is 1.95. The largest absolute Gasteiger partial charge is 0.493 e. The first-order chi connectivity index (χ1) is 9.90. The van der Waals surface area contributed by atoms with Gasteiger partial charge in [0.05, 0.1) is 19.3 Å². The predicted octanol–water partition coefficient (Wildman–Crippen LogP) is 2.01. The Morgan fingerprint density at radius 1 is 1.29 bits per heavy atom. The molecule has 0 saturated carbocycles. The smallest absolute Gasteiger partial charge is 0.237 e. The molecular formula is C16H26N2O3. The molecule has 0 radical (unpaired) electrons. The molecule has 21 heavy (non-hydrogen) atoms.